The lowest BCUT2D eigenvalue weighted by atomic mass is 10.2. The van der Waals surface area contributed by atoms with E-state index < -0.39 is 0 Å². The fourth-order valence-corrected chi connectivity index (χ4v) is 1.74. The SMILES string of the molecule is CC(NC1CC1)C(=O)N(C)c1ccccc1.Cl. The Hall–Kier alpha value is -1.06. The predicted octanol–water partition coefficient (Wildman–Crippen LogP) is 2.21. The van der Waals surface area contributed by atoms with Crippen molar-refractivity contribution in [1.82, 2.24) is 5.32 Å². The monoisotopic (exact) mass is 254 g/mol. The molecule has 4 heteroatoms. The molecule has 1 fully saturated rings. The standard InChI is InChI=1S/C13H18N2O.ClH/c1-10(14-11-8-9-11)13(16)15(2)12-6-4-3-5-7-12;/h3-7,10-11,14H,8-9H2,1-2H3;1H. The second-order valence-electron chi connectivity index (χ2n) is 4.40. The number of carbonyl (C=O) groups excluding carboxylic acids is 1. The van der Waals surface area contributed by atoms with Crippen LogP contribution in [0.1, 0.15) is 19.8 Å². The van der Waals surface area contributed by atoms with Gasteiger partial charge in [0.05, 0.1) is 6.04 Å². The Balaban J connectivity index is 0.00000144. The van der Waals surface area contributed by atoms with Crippen molar-refractivity contribution < 1.29 is 4.79 Å². The predicted molar refractivity (Wildman–Crippen MR) is 72.7 cm³/mol. The van der Waals surface area contributed by atoms with Crippen LogP contribution in [0.4, 0.5) is 5.69 Å². The van der Waals surface area contributed by atoms with Gasteiger partial charge in [-0.1, -0.05) is 18.2 Å². The third-order valence-electron chi connectivity index (χ3n) is 2.91. The zero-order valence-corrected chi connectivity index (χ0v) is 11.0. The number of hydrogen-bond donors (Lipinski definition) is 1. The number of benzene rings is 1. The van der Waals surface area contributed by atoms with E-state index in [1.54, 1.807) is 4.90 Å². The average molecular weight is 255 g/mol. The van der Waals surface area contributed by atoms with E-state index in [1.165, 1.54) is 12.8 Å². The van der Waals surface area contributed by atoms with Crippen molar-refractivity contribution in [2.45, 2.75) is 31.8 Å². The molecule has 1 aliphatic carbocycles. The highest BCUT2D eigenvalue weighted by atomic mass is 35.5. The number of rotatable bonds is 4. The Morgan fingerprint density at radius 2 is 1.94 bits per heavy atom. The summed E-state index contributed by atoms with van der Waals surface area (Å²) in [7, 11) is 1.82. The molecular weight excluding hydrogens is 236 g/mol. The minimum absolute atomic E-state index is 0. The van der Waals surface area contributed by atoms with Crippen molar-refractivity contribution in [3.63, 3.8) is 0 Å². The molecule has 1 aliphatic rings. The molecule has 0 aromatic heterocycles. The zero-order chi connectivity index (χ0) is 11.5. The lowest BCUT2D eigenvalue weighted by Gasteiger charge is -2.22. The van der Waals surface area contributed by atoms with Gasteiger partial charge >= 0.3 is 0 Å². The van der Waals surface area contributed by atoms with Gasteiger partial charge < -0.3 is 10.2 Å². The summed E-state index contributed by atoms with van der Waals surface area (Å²) in [5, 5.41) is 3.31. The van der Waals surface area contributed by atoms with Gasteiger partial charge in [0.2, 0.25) is 5.91 Å². The number of anilines is 1. The number of para-hydroxylation sites is 1. The molecule has 0 aliphatic heterocycles. The van der Waals surface area contributed by atoms with Gasteiger partial charge in [0.25, 0.3) is 0 Å². The summed E-state index contributed by atoms with van der Waals surface area (Å²) in [6, 6.07) is 10.2. The van der Waals surface area contributed by atoms with Crippen LogP contribution in [0, 0.1) is 0 Å². The lowest BCUT2D eigenvalue weighted by molar-refractivity contribution is -0.120. The Kier molecular flexibility index (Phi) is 4.97. The number of nitrogens with zero attached hydrogens (tertiary/aromatic N) is 1. The summed E-state index contributed by atoms with van der Waals surface area (Å²) in [5.41, 5.74) is 0.942. The van der Waals surface area contributed by atoms with E-state index >= 15 is 0 Å². The average Bonchev–Trinajstić information content (AvgIpc) is 3.12. The Morgan fingerprint density at radius 1 is 1.35 bits per heavy atom. The molecule has 94 valence electrons. The Morgan fingerprint density at radius 3 is 2.47 bits per heavy atom. The summed E-state index contributed by atoms with van der Waals surface area (Å²) < 4.78 is 0. The number of halogens is 1. The molecular formula is C13H19ClN2O. The second kappa shape index (κ2) is 6.03. The number of hydrogen-bond acceptors (Lipinski definition) is 2. The Bertz CT molecular complexity index is 365. The molecule has 1 aromatic rings. The van der Waals surface area contributed by atoms with Crippen molar-refractivity contribution in [2.24, 2.45) is 0 Å². The summed E-state index contributed by atoms with van der Waals surface area (Å²) >= 11 is 0. The van der Waals surface area contributed by atoms with E-state index in [0.29, 0.717) is 6.04 Å². The van der Waals surface area contributed by atoms with Crippen LogP contribution >= 0.6 is 12.4 Å². The fourth-order valence-electron chi connectivity index (χ4n) is 1.74. The largest absolute Gasteiger partial charge is 0.314 e. The molecule has 3 nitrogen and oxygen atoms in total. The highest BCUT2D eigenvalue weighted by molar-refractivity contribution is 5.96. The number of likely N-dealkylation sites (N-methyl/N-ethyl adjacent to an activating group) is 1. The molecule has 1 unspecified atom stereocenters. The lowest BCUT2D eigenvalue weighted by Crippen LogP contribution is -2.44. The molecule has 0 radical (unpaired) electrons. The molecule has 0 bridgehead atoms. The van der Waals surface area contributed by atoms with E-state index in [4.69, 9.17) is 0 Å². The van der Waals surface area contributed by atoms with Gasteiger partial charge in [-0.15, -0.1) is 12.4 Å². The summed E-state index contributed by atoms with van der Waals surface area (Å²) in [6.07, 6.45) is 2.40. The van der Waals surface area contributed by atoms with Gasteiger partial charge in [-0.3, -0.25) is 4.79 Å². The van der Waals surface area contributed by atoms with E-state index in [2.05, 4.69) is 5.32 Å². The number of carbonyl (C=O) groups is 1. The van der Waals surface area contributed by atoms with Crippen LogP contribution in [0.3, 0.4) is 0 Å². The minimum Gasteiger partial charge on any atom is -0.314 e. The Labute approximate surface area is 109 Å². The normalized spacial score (nSPS) is 15.9. The molecule has 2 rings (SSSR count). The van der Waals surface area contributed by atoms with Crippen LogP contribution in [0.25, 0.3) is 0 Å². The fraction of sp³-hybridized carbons (Fsp3) is 0.462. The maximum Gasteiger partial charge on any atom is 0.243 e. The molecule has 1 N–H and O–H groups in total. The maximum atomic E-state index is 12.1. The highest BCUT2D eigenvalue weighted by Gasteiger charge is 2.27. The van der Waals surface area contributed by atoms with Crippen molar-refractivity contribution in [1.29, 1.82) is 0 Å². The van der Waals surface area contributed by atoms with Crippen molar-refractivity contribution in [2.75, 3.05) is 11.9 Å². The van der Waals surface area contributed by atoms with E-state index in [1.807, 2.05) is 44.3 Å². The van der Waals surface area contributed by atoms with Crippen LogP contribution in [0.5, 0.6) is 0 Å². The van der Waals surface area contributed by atoms with E-state index in [0.717, 1.165) is 5.69 Å². The second-order valence-corrected chi connectivity index (χ2v) is 4.40. The molecule has 1 aromatic carbocycles. The van der Waals surface area contributed by atoms with E-state index in [-0.39, 0.29) is 24.4 Å². The van der Waals surface area contributed by atoms with Gasteiger partial charge in [-0.2, -0.15) is 0 Å². The molecule has 17 heavy (non-hydrogen) atoms. The number of amides is 1. The first kappa shape index (κ1) is 14.0. The van der Waals surface area contributed by atoms with Gasteiger partial charge in [-0.25, -0.2) is 0 Å². The molecule has 0 spiro atoms. The van der Waals surface area contributed by atoms with Crippen molar-refractivity contribution in [3.8, 4) is 0 Å². The molecule has 1 atom stereocenters. The van der Waals surface area contributed by atoms with E-state index in [9.17, 15) is 4.79 Å². The van der Waals surface area contributed by atoms with Crippen LogP contribution in [-0.2, 0) is 4.79 Å². The van der Waals surface area contributed by atoms with Crippen molar-refractivity contribution in [3.05, 3.63) is 30.3 Å². The topological polar surface area (TPSA) is 32.3 Å². The quantitative estimate of drug-likeness (QED) is 0.894. The molecule has 0 heterocycles. The minimum atomic E-state index is -0.0993. The summed E-state index contributed by atoms with van der Waals surface area (Å²) in [5.74, 6) is 0.123. The summed E-state index contributed by atoms with van der Waals surface area (Å²) in [6.45, 7) is 1.93. The first-order chi connectivity index (χ1) is 7.68. The smallest absolute Gasteiger partial charge is 0.243 e. The first-order valence-corrected chi connectivity index (χ1v) is 5.77. The van der Waals surface area contributed by atoms with Gasteiger partial charge in [0.1, 0.15) is 0 Å². The van der Waals surface area contributed by atoms with Crippen LogP contribution < -0.4 is 10.2 Å². The summed E-state index contributed by atoms with van der Waals surface area (Å²) in [4.78, 5) is 13.8. The first-order valence-electron chi connectivity index (χ1n) is 5.77. The highest BCUT2D eigenvalue weighted by Crippen LogP contribution is 2.20. The van der Waals surface area contributed by atoms with Crippen LogP contribution in [0.15, 0.2) is 30.3 Å². The maximum absolute atomic E-state index is 12.1. The van der Waals surface area contributed by atoms with Crippen molar-refractivity contribution >= 4 is 24.0 Å². The third kappa shape index (κ3) is 3.72. The van der Waals surface area contributed by atoms with Gasteiger partial charge in [0.15, 0.2) is 0 Å². The molecule has 1 amide bonds. The van der Waals surface area contributed by atoms with Gasteiger partial charge in [0, 0.05) is 18.8 Å². The zero-order valence-electron chi connectivity index (χ0n) is 10.2. The van der Waals surface area contributed by atoms with Gasteiger partial charge in [-0.05, 0) is 31.9 Å². The van der Waals surface area contributed by atoms with Crippen LogP contribution in [0.2, 0.25) is 0 Å². The molecule has 1 saturated carbocycles. The third-order valence-corrected chi connectivity index (χ3v) is 2.91. The van der Waals surface area contributed by atoms with Crippen LogP contribution in [-0.4, -0.2) is 25.0 Å². The number of nitrogens with one attached hydrogen (secondary N) is 1. The molecule has 0 saturated heterocycles.